The Kier molecular flexibility index (Phi) is 3.53. The zero-order chi connectivity index (χ0) is 13.1. The first-order valence-electron chi connectivity index (χ1n) is 6.96. The van der Waals surface area contributed by atoms with Gasteiger partial charge in [-0.1, -0.05) is 30.3 Å². The molecule has 1 aromatic carbocycles. The highest BCUT2D eigenvalue weighted by atomic mass is 16.5. The molecule has 1 atom stereocenters. The summed E-state index contributed by atoms with van der Waals surface area (Å²) in [4.78, 5) is 12.4. The molecule has 1 aliphatic carbocycles. The molecule has 1 aromatic rings. The molecule has 4 nitrogen and oxygen atoms in total. The fourth-order valence-corrected chi connectivity index (χ4v) is 2.66. The molecule has 1 amide bonds. The van der Waals surface area contributed by atoms with Crippen molar-refractivity contribution in [1.82, 2.24) is 10.6 Å². The Morgan fingerprint density at radius 3 is 2.79 bits per heavy atom. The average molecular weight is 260 g/mol. The lowest BCUT2D eigenvalue weighted by atomic mass is 9.95. The summed E-state index contributed by atoms with van der Waals surface area (Å²) in [5, 5.41) is 6.42. The molecule has 4 heteroatoms. The molecule has 1 aliphatic heterocycles. The van der Waals surface area contributed by atoms with Crippen LogP contribution in [0.25, 0.3) is 0 Å². The normalized spacial score (nSPS) is 24.7. The van der Waals surface area contributed by atoms with Gasteiger partial charge in [0, 0.05) is 19.1 Å². The maximum atomic E-state index is 12.4. The van der Waals surface area contributed by atoms with E-state index >= 15 is 0 Å². The summed E-state index contributed by atoms with van der Waals surface area (Å²) in [6.45, 7) is 2.95. The quantitative estimate of drug-likeness (QED) is 0.843. The van der Waals surface area contributed by atoms with Gasteiger partial charge in [0.05, 0.1) is 18.6 Å². The lowest BCUT2D eigenvalue weighted by Crippen LogP contribution is -2.49. The van der Waals surface area contributed by atoms with Crippen LogP contribution in [0.4, 0.5) is 0 Å². The monoisotopic (exact) mass is 260 g/mol. The summed E-state index contributed by atoms with van der Waals surface area (Å²) in [7, 11) is 0. The van der Waals surface area contributed by atoms with Gasteiger partial charge in [-0.05, 0) is 18.4 Å². The molecule has 0 spiro atoms. The van der Waals surface area contributed by atoms with Gasteiger partial charge in [-0.25, -0.2) is 0 Å². The van der Waals surface area contributed by atoms with Crippen LogP contribution in [0.2, 0.25) is 0 Å². The van der Waals surface area contributed by atoms with E-state index in [4.69, 9.17) is 4.74 Å². The average Bonchev–Trinajstić information content (AvgIpc) is 3.28. The summed E-state index contributed by atoms with van der Waals surface area (Å²) < 4.78 is 5.39. The van der Waals surface area contributed by atoms with Crippen LogP contribution >= 0.6 is 0 Å². The largest absolute Gasteiger partial charge is 0.378 e. The van der Waals surface area contributed by atoms with Crippen molar-refractivity contribution in [3.63, 3.8) is 0 Å². The van der Waals surface area contributed by atoms with Gasteiger partial charge >= 0.3 is 0 Å². The Hall–Kier alpha value is -1.39. The summed E-state index contributed by atoms with van der Waals surface area (Å²) in [5.74, 6) is 0.158. The van der Waals surface area contributed by atoms with Crippen molar-refractivity contribution >= 4 is 5.91 Å². The lowest BCUT2D eigenvalue weighted by Gasteiger charge is -2.25. The standard InChI is InChI=1S/C15H20N2O2/c18-14(17-10-13-11-19-9-8-16-13)15(6-7-15)12-4-2-1-3-5-12/h1-5,13,16H,6-11H2,(H,17,18). The number of hydrogen-bond donors (Lipinski definition) is 2. The van der Waals surface area contributed by atoms with Gasteiger partial charge in [0.25, 0.3) is 0 Å². The Morgan fingerprint density at radius 1 is 1.37 bits per heavy atom. The van der Waals surface area contributed by atoms with Crippen molar-refractivity contribution in [3.8, 4) is 0 Å². The van der Waals surface area contributed by atoms with E-state index in [1.54, 1.807) is 0 Å². The molecule has 2 aliphatic rings. The van der Waals surface area contributed by atoms with Crippen LogP contribution in [0, 0.1) is 0 Å². The van der Waals surface area contributed by atoms with E-state index in [-0.39, 0.29) is 17.4 Å². The molecular weight excluding hydrogens is 240 g/mol. The van der Waals surface area contributed by atoms with Crippen LogP contribution < -0.4 is 10.6 Å². The minimum atomic E-state index is -0.267. The van der Waals surface area contributed by atoms with Gasteiger partial charge in [0.1, 0.15) is 0 Å². The van der Waals surface area contributed by atoms with Gasteiger partial charge in [-0.2, -0.15) is 0 Å². The topological polar surface area (TPSA) is 50.4 Å². The number of hydrogen-bond acceptors (Lipinski definition) is 3. The van der Waals surface area contributed by atoms with Gasteiger partial charge in [0.2, 0.25) is 5.91 Å². The predicted octanol–water partition coefficient (Wildman–Crippen LogP) is 0.823. The number of carbonyl (C=O) groups is 1. The van der Waals surface area contributed by atoms with Crippen LogP contribution in [0.3, 0.4) is 0 Å². The molecule has 2 fully saturated rings. The fraction of sp³-hybridized carbons (Fsp3) is 0.533. The zero-order valence-corrected chi connectivity index (χ0v) is 11.0. The number of carbonyl (C=O) groups excluding carboxylic acids is 1. The second-order valence-corrected chi connectivity index (χ2v) is 5.38. The SMILES string of the molecule is O=C(NCC1COCCN1)C1(c2ccccc2)CC1. The number of amides is 1. The first-order valence-corrected chi connectivity index (χ1v) is 6.96. The third-order valence-electron chi connectivity index (χ3n) is 4.02. The van der Waals surface area contributed by atoms with Crippen molar-refractivity contribution in [2.45, 2.75) is 24.3 Å². The summed E-state index contributed by atoms with van der Waals surface area (Å²) in [6.07, 6.45) is 1.91. The van der Waals surface area contributed by atoms with E-state index in [0.717, 1.165) is 31.6 Å². The molecule has 0 radical (unpaired) electrons. The summed E-state index contributed by atoms with van der Waals surface area (Å²) >= 11 is 0. The van der Waals surface area contributed by atoms with Crippen molar-refractivity contribution < 1.29 is 9.53 Å². The second kappa shape index (κ2) is 5.31. The smallest absolute Gasteiger partial charge is 0.230 e. The van der Waals surface area contributed by atoms with Gasteiger partial charge < -0.3 is 15.4 Å². The minimum Gasteiger partial charge on any atom is -0.378 e. The van der Waals surface area contributed by atoms with E-state index in [1.807, 2.05) is 18.2 Å². The number of nitrogens with one attached hydrogen (secondary N) is 2. The molecular formula is C15H20N2O2. The number of benzene rings is 1. The van der Waals surface area contributed by atoms with Crippen LogP contribution in [-0.2, 0) is 14.9 Å². The highest BCUT2D eigenvalue weighted by Crippen LogP contribution is 2.48. The molecule has 1 saturated heterocycles. The van der Waals surface area contributed by atoms with Crippen LogP contribution in [0.5, 0.6) is 0 Å². The summed E-state index contributed by atoms with van der Waals surface area (Å²) in [5.41, 5.74) is 0.872. The van der Waals surface area contributed by atoms with Crippen molar-refractivity contribution in [2.24, 2.45) is 0 Å². The maximum Gasteiger partial charge on any atom is 0.230 e. The fourth-order valence-electron chi connectivity index (χ4n) is 2.66. The predicted molar refractivity (Wildman–Crippen MR) is 73.0 cm³/mol. The molecule has 1 unspecified atom stereocenters. The third-order valence-corrected chi connectivity index (χ3v) is 4.02. The molecule has 102 valence electrons. The van der Waals surface area contributed by atoms with Crippen molar-refractivity contribution in [1.29, 1.82) is 0 Å². The molecule has 0 aromatic heterocycles. The molecule has 1 saturated carbocycles. The third kappa shape index (κ3) is 2.65. The molecule has 19 heavy (non-hydrogen) atoms. The van der Waals surface area contributed by atoms with E-state index in [0.29, 0.717) is 13.2 Å². The van der Waals surface area contributed by atoms with Crippen molar-refractivity contribution in [3.05, 3.63) is 35.9 Å². The summed E-state index contributed by atoms with van der Waals surface area (Å²) in [6, 6.07) is 10.3. The minimum absolute atomic E-state index is 0.158. The van der Waals surface area contributed by atoms with E-state index in [2.05, 4.69) is 22.8 Å². The second-order valence-electron chi connectivity index (χ2n) is 5.38. The first kappa shape index (κ1) is 12.6. The van der Waals surface area contributed by atoms with Crippen LogP contribution in [0.15, 0.2) is 30.3 Å². The lowest BCUT2D eigenvalue weighted by molar-refractivity contribution is -0.123. The number of morpholine rings is 1. The highest BCUT2D eigenvalue weighted by Gasteiger charge is 2.51. The van der Waals surface area contributed by atoms with E-state index in [1.165, 1.54) is 0 Å². The van der Waals surface area contributed by atoms with Gasteiger partial charge in [0.15, 0.2) is 0 Å². The van der Waals surface area contributed by atoms with Crippen LogP contribution in [-0.4, -0.2) is 38.3 Å². The maximum absolute atomic E-state index is 12.4. The first-order chi connectivity index (χ1) is 9.31. The Labute approximate surface area is 113 Å². The molecule has 3 rings (SSSR count). The van der Waals surface area contributed by atoms with E-state index in [9.17, 15) is 4.79 Å². The Balaban J connectivity index is 1.58. The van der Waals surface area contributed by atoms with E-state index < -0.39 is 0 Å². The Morgan fingerprint density at radius 2 is 2.16 bits per heavy atom. The zero-order valence-electron chi connectivity index (χ0n) is 11.0. The number of ether oxygens (including phenoxy) is 1. The Bertz CT molecular complexity index is 437. The molecule has 2 N–H and O–H groups in total. The van der Waals surface area contributed by atoms with Crippen molar-refractivity contribution in [2.75, 3.05) is 26.3 Å². The van der Waals surface area contributed by atoms with Gasteiger partial charge in [-0.3, -0.25) is 4.79 Å². The van der Waals surface area contributed by atoms with Crippen LogP contribution in [0.1, 0.15) is 18.4 Å². The number of rotatable bonds is 4. The molecule has 1 heterocycles. The van der Waals surface area contributed by atoms with Gasteiger partial charge in [-0.15, -0.1) is 0 Å². The molecule has 0 bridgehead atoms. The highest BCUT2D eigenvalue weighted by molar-refractivity contribution is 5.91.